The Kier molecular flexibility index (Phi) is 3.40. The lowest BCUT2D eigenvalue weighted by molar-refractivity contribution is 0.228. The number of fused-ring (bicyclic) bond motifs is 1. The molecule has 2 unspecified atom stereocenters. The number of nitrogens with zero attached hydrogens (tertiary/aromatic N) is 1. The Morgan fingerprint density at radius 1 is 1.28 bits per heavy atom. The van der Waals surface area contributed by atoms with E-state index in [2.05, 4.69) is 30.0 Å². The summed E-state index contributed by atoms with van der Waals surface area (Å²) in [5.41, 5.74) is 10.6. The van der Waals surface area contributed by atoms with Gasteiger partial charge < -0.3 is 5.73 Å². The molecule has 0 radical (unpaired) electrons. The van der Waals surface area contributed by atoms with Crippen LogP contribution >= 0.6 is 0 Å². The van der Waals surface area contributed by atoms with E-state index >= 15 is 0 Å². The van der Waals surface area contributed by atoms with Gasteiger partial charge in [-0.2, -0.15) is 0 Å². The van der Waals surface area contributed by atoms with Gasteiger partial charge in [-0.25, -0.2) is 0 Å². The molecule has 0 amide bonds. The van der Waals surface area contributed by atoms with E-state index in [1.54, 1.807) is 11.1 Å². The van der Waals surface area contributed by atoms with Crippen LogP contribution in [0.25, 0.3) is 0 Å². The Morgan fingerprint density at radius 3 is 2.94 bits per heavy atom. The molecule has 2 aliphatic rings. The van der Waals surface area contributed by atoms with Crippen molar-refractivity contribution in [1.82, 2.24) is 4.90 Å². The lowest BCUT2D eigenvalue weighted by Gasteiger charge is -2.25. The van der Waals surface area contributed by atoms with Crippen molar-refractivity contribution in [2.45, 2.75) is 45.2 Å². The van der Waals surface area contributed by atoms with Crippen molar-refractivity contribution in [3.8, 4) is 0 Å². The van der Waals surface area contributed by atoms with Gasteiger partial charge >= 0.3 is 0 Å². The topological polar surface area (TPSA) is 29.3 Å². The van der Waals surface area contributed by atoms with E-state index in [0.717, 1.165) is 19.0 Å². The summed E-state index contributed by atoms with van der Waals surface area (Å²) >= 11 is 0. The summed E-state index contributed by atoms with van der Waals surface area (Å²) < 4.78 is 0. The van der Waals surface area contributed by atoms with E-state index in [-0.39, 0.29) is 0 Å². The fraction of sp³-hybridized carbons (Fsp3) is 0.625. The SMILES string of the molecule is CC1CCN(Cc2ccc3c(c2)CCC3)C1CN. The molecule has 2 atom stereocenters. The second-order valence-corrected chi connectivity index (χ2v) is 6.00. The minimum Gasteiger partial charge on any atom is -0.329 e. The average Bonchev–Trinajstić information content (AvgIpc) is 2.96. The van der Waals surface area contributed by atoms with E-state index < -0.39 is 0 Å². The van der Waals surface area contributed by atoms with Crippen molar-refractivity contribution in [2.24, 2.45) is 11.7 Å². The molecule has 2 nitrogen and oxygen atoms in total. The number of rotatable bonds is 3. The minimum atomic E-state index is 0.582. The van der Waals surface area contributed by atoms with Gasteiger partial charge in [-0.3, -0.25) is 4.90 Å². The molecule has 98 valence electrons. The average molecular weight is 244 g/mol. The zero-order chi connectivity index (χ0) is 12.5. The van der Waals surface area contributed by atoms with E-state index in [4.69, 9.17) is 5.73 Å². The number of hydrogen-bond acceptors (Lipinski definition) is 2. The summed E-state index contributed by atoms with van der Waals surface area (Å²) in [6, 6.07) is 7.67. The Labute approximate surface area is 110 Å². The molecule has 0 saturated carbocycles. The molecule has 18 heavy (non-hydrogen) atoms. The highest BCUT2D eigenvalue weighted by Crippen LogP contribution is 2.27. The smallest absolute Gasteiger partial charge is 0.0248 e. The Hall–Kier alpha value is -0.860. The largest absolute Gasteiger partial charge is 0.329 e. The molecule has 1 saturated heterocycles. The molecule has 1 heterocycles. The van der Waals surface area contributed by atoms with Crippen molar-refractivity contribution in [2.75, 3.05) is 13.1 Å². The van der Waals surface area contributed by atoms with E-state index in [0.29, 0.717) is 6.04 Å². The van der Waals surface area contributed by atoms with Gasteiger partial charge in [0.15, 0.2) is 0 Å². The third kappa shape index (κ3) is 2.19. The van der Waals surface area contributed by atoms with Crippen LogP contribution in [-0.4, -0.2) is 24.0 Å². The molecular weight excluding hydrogens is 220 g/mol. The molecule has 2 N–H and O–H groups in total. The summed E-state index contributed by atoms with van der Waals surface area (Å²) in [5.74, 6) is 0.754. The van der Waals surface area contributed by atoms with Gasteiger partial charge in [-0.1, -0.05) is 25.1 Å². The molecule has 0 spiro atoms. The van der Waals surface area contributed by atoms with Crippen LogP contribution < -0.4 is 5.73 Å². The van der Waals surface area contributed by atoms with E-state index in [1.807, 2.05) is 0 Å². The molecule has 1 fully saturated rings. The summed E-state index contributed by atoms with van der Waals surface area (Å²) in [4.78, 5) is 2.57. The first kappa shape index (κ1) is 12.2. The van der Waals surface area contributed by atoms with E-state index in [1.165, 1.54) is 37.8 Å². The molecule has 1 aliphatic heterocycles. The van der Waals surface area contributed by atoms with Gasteiger partial charge in [0.05, 0.1) is 0 Å². The van der Waals surface area contributed by atoms with Crippen molar-refractivity contribution in [1.29, 1.82) is 0 Å². The molecular formula is C16H24N2. The molecule has 1 aromatic rings. The number of likely N-dealkylation sites (tertiary alicyclic amines) is 1. The van der Waals surface area contributed by atoms with Crippen LogP contribution in [0.1, 0.15) is 36.5 Å². The molecule has 1 aromatic carbocycles. The van der Waals surface area contributed by atoms with Crippen molar-refractivity contribution in [3.63, 3.8) is 0 Å². The van der Waals surface area contributed by atoms with Gasteiger partial charge in [-0.15, -0.1) is 0 Å². The fourth-order valence-corrected chi connectivity index (χ4v) is 3.62. The number of benzene rings is 1. The van der Waals surface area contributed by atoms with Gasteiger partial charge in [0.2, 0.25) is 0 Å². The quantitative estimate of drug-likeness (QED) is 0.884. The maximum Gasteiger partial charge on any atom is 0.0248 e. The fourth-order valence-electron chi connectivity index (χ4n) is 3.62. The zero-order valence-corrected chi connectivity index (χ0v) is 11.4. The van der Waals surface area contributed by atoms with Crippen LogP contribution in [0.2, 0.25) is 0 Å². The van der Waals surface area contributed by atoms with Crippen LogP contribution in [0.15, 0.2) is 18.2 Å². The zero-order valence-electron chi connectivity index (χ0n) is 11.4. The van der Waals surface area contributed by atoms with Gasteiger partial charge in [0.1, 0.15) is 0 Å². The van der Waals surface area contributed by atoms with Gasteiger partial charge in [-0.05, 0) is 54.8 Å². The monoisotopic (exact) mass is 244 g/mol. The van der Waals surface area contributed by atoms with Crippen LogP contribution in [0.4, 0.5) is 0 Å². The third-order valence-corrected chi connectivity index (χ3v) is 4.79. The standard InChI is InChI=1S/C16H24N2/c1-12-7-8-18(16(12)10-17)11-13-5-6-14-3-2-4-15(14)9-13/h5-6,9,12,16H,2-4,7-8,10-11,17H2,1H3. The maximum atomic E-state index is 5.92. The number of hydrogen-bond donors (Lipinski definition) is 1. The summed E-state index contributed by atoms with van der Waals surface area (Å²) in [6.45, 7) is 5.42. The molecule has 0 aromatic heterocycles. The first-order valence-corrected chi connectivity index (χ1v) is 7.32. The Morgan fingerprint density at radius 2 is 2.11 bits per heavy atom. The Bertz CT molecular complexity index is 427. The highest BCUT2D eigenvalue weighted by atomic mass is 15.2. The molecule has 3 rings (SSSR count). The first-order chi connectivity index (χ1) is 8.78. The summed E-state index contributed by atoms with van der Waals surface area (Å²) in [5, 5.41) is 0. The van der Waals surface area contributed by atoms with Crippen LogP contribution in [-0.2, 0) is 19.4 Å². The van der Waals surface area contributed by atoms with Gasteiger partial charge in [0.25, 0.3) is 0 Å². The normalized spacial score (nSPS) is 27.7. The third-order valence-electron chi connectivity index (χ3n) is 4.79. The summed E-state index contributed by atoms with van der Waals surface area (Å²) in [6.07, 6.45) is 5.19. The van der Waals surface area contributed by atoms with Crippen LogP contribution in [0.3, 0.4) is 0 Å². The van der Waals surface area contributed by atoms with Gasteiger partial charge in [0, 0.05) is 19.1 Å². The lowest BCUT2D eigenvalue weighted by Crippen LogP contribution is -2.37. The lowest BCUT2D eigenvalue weighted by atomic mass is 10.0. The minimum absolute atomic E-state index is 0.582. The molecule has 0 bridgehead atoms. The summed E-state index contributed by atoms with van der Waals surface area (Å²) in [7, 11) is 0. The molecule has 2 heteroatoms. The second kappa shape index (κ2) is 5.02. The van der Waals surface area contributed by atoms with E-state index in [9.17, 15) is 0 Å². The van der Waals surface area contributed by atoms with Crippen LogP contribution in [0, 0.1) is 5.92 Å². The van der Waals surface area contributed by atoms with Crippen molar-refractivity contribution in [3.05, 3.63) is 34.9 Å². The second-order valence-electron chi connectivity index (χ2n) is 6.00. The first-order valence-electron chi connectivity index (χ1n) is 7.32. The Balaban J connectivity index is 1.73. The highest BCUT2D eigenvalue weighted by Gasteiger charge is 2.29. The van der Waals surface area contributed by atoms with Crippen molar-refractivity contribution >= 4 is 0 Å². The van der Waals surface area contributed by atoms with Crippen LogP contribution in [0.5, 0.6) is 0 Å². The maximum absolute atomic E-state index is 5.92. The number of nitrogens with two attached hydrogens (primary N) is 1. The predicted octanol–water partition coefficient (Wildman–Crippen LogP) is 2.34. The highest BCUT2D eigenvalue weighted by molar-refractivity contribution is 5.35. The molecule has 1 aliphatic carbocycles. The van der Waals surface area contributed by atoms with Crippen molar-refractivity contribution < 1.29 is 0 Å². The number of aryl methyl sites for hydroxylation is 2. The predicted molar refractivity (Wildman–Crippen MR) is 75.5 cm³/mol.